The van der Waals surface area contributed by atoms with Gasteiger partial charge in [-0.15, -0.1) is 0 Å². The summed E-state index contributed by atoms with van der Waals surface area (Å²) < 4.78 is 11.7. The first-order chi connectivity index (χ1) is 14.6. The van der Waals surface area contributed by atoms with Gasteiger partial charge >= 0.3 is 0 Å². The highest BCUT2D eigenvalue weighted by atomic mass is 35.5. The van der Waals surface area contributed by atoms with Crippen LogP contribution in [-0.2, 0) is 17.9 Å². The molecule has 3 rings (SSSR count). The van der Waals surface area contributed by atoms with E-state index < -0.39 is 0 Å². The summed E-state index contributed by atoms with van der Waals surface area (Å²) in [5, 5.41) is 4.48. The van der Waals surface area contributed by atoms with Gasteiger partial charge < -0.3 is 19.7 Å². The third kappa shape index (κ3) is 6.53. The maximum atomic E-state index is 11.6. The maximum Gasteiger partial charge on any atom is 0.222 e. The van der Waals surface area contributed by atoms with Crippen LogP contribution in [0.4, 0.5) is 0 Å². The summed E-state index contributed by atoms with van der Waals surface area (Å²) in [5.41, 5.74) is 2.06. The van der Waals surface area contributed by atoms with Gasteiger partial charge in [0, 0.05) is 26.1 Å². The van der Waals surface area contributed by atoms with Crippen molar-refractivity contribution in [3.05, 3.63) is 57.6 Å². The molecule has 5 nitrogen and oxygen atoms in total. The number of benzene rings is 2. The van der Waals surface area contributed by atoms with Crippen molar-refractivity contribution in [2.75, 3.05) is 26.2 Å². The van der Waals surface area contributed by atoms with E-state index in [2.05, 4.69) is 5.32 Å². The molecular weight excluding hydrogens is 423 g/mol. The molecule has 30 heavy (non-hydrogen) atoms. The summed E-state index contributed by atoms with van der Waals surface area (Å²) in [5.74, 6) is 1.70. The van der Waals surface area contributed by atoms with E-state index >= 15 is 0 Å². The Balaban J connectivity index is 1.49. The Bertz CT molecular complexity index is 860. The molecule has 1 aliphatic rings. The average Bonchev–Trinajstić information content (AvgIpc) is 3.14. The van der Waals surface area contributed by atoms with Crippen LogP contribution in [0.15, 0.2) is 36.4 Å². The lowest BCUT2D eigenvalue weighted by molar-refractivity contribution is -0.127. The molecule has 1 N–H and O–H groups in total. The maximum absolute atomic E-state index is 11.6. The smallest absolute Gasteiger partial charge is 0.222 e. The first-order valence-corrected chi connectivity index (χ1v) is 11.1. The molecule has 1 heterocycles. The highest BCUT2D eigenvalue weighted by molar-refractivity contribution is 6.42. The van der Waals surface area contributed by atoms with Crippen molar-refractivity contribution in [2.45, 2.75) is 39.3 Å². The zero-order valence-electron chi connectivity index (χ0n) is 17.3. The monoisotopic (exact) mass is 450 g/mol. The number of ether oxygens (including phenoxy) is 2. The van der Waals surface area contributed by atoms with Crippen molar-refractivity contribution in [3.8, 4) is 11.5 Å². The Kier molecular flexibility index (Phi) is 8.67. The molecule has 0 atom stereocenters. The SMILES string of the molecule is CCOc1cc(CNCCCN2CCCC2=O)ccc1OCc1ccc(Cl)c(Cl)c1. The van der Waals surface area contributed by atoms with Crippen LogP contribution < -0.4 is 14.8 Å². The molecule has 7 heteroatoms. The summed E-state index contributed by atoms with van der Waals surface area (Å²) in [6.45, 7) is 6.23. The molecule has 2 aromatic rings. The molecule has 162 valence electrons. The van der Waals surface area contributed by atoms with Crippen LogP contribution in [0.5, 0.6) is 11.5 Å². The van der Waals surface area contributed by atoms with Gasteiger partial charge in [0.15, 0.2) is 11.5 Å². The Hall–Kier alpha value is -1.95. The Morgan fingerprint density at radius 1 is 1.03 bits per heavy atom. The van der Waals surface area contributed by atoms with Gasteiger partial charge in [-0.25, -0.2) is 0 Å². The van der Waals surface area contributed by atoms with Crippen LogP contribution in [0, 0.1) is 0 Å². The first-order valence-electron chi connectivity index (χ1n) is 10.4. The van der Waals surface area contributed by atoms with Crippen molar-refractivity contribution in [3.63, 3.8) is 0 Å². The number of nitrogens with one attached hydrogen (secondary N) is 1. The number of halogens is 2. The van der Waals surface area contributed by atoms with Gasteiger partial charge in [-0.05, 0) is 61.7 Å². The lowest BCUT2D eigenvalue weighted by atomic mass is 10.2. The van der Waals surface area contributed by atoms with Crippen molar-refractivity contribution in [2.24, 2.45) is 0 Å². The molecule has 0 aliphatic carbocycles. The van der Waals surface area contributed by atoms with Gasteiger partial charge in [0.1, 0.15) is 6.61 Å². The van der Waals surface area contributed by atoms with Gasteiger partial charge in [-0.2, -0.15) is 0 Å². The minimum Gasteiger partial charge on any atom is -0.490 e. The number of nitrogens with zero attached hydrogens (tertiary/aromatic N) is 1. The summed E-state index contributed by atoms with van der Waals surface area (Å²) in [6, 6.07) is 11.4. The first kappa shape index (κ1) is 22.7. The van der Waals surface area contributed by atoms with E-state index in [-0.39, 0.29) is 5.91 Å². The summed E-state index contributed by atoms with van der Waals surface area (Å²) in [6.07, 6.45) is 2.65. The van der Waals surface area contributed by atoms with Crippen molar-refractivity contribution < 1.29 is 14.3 Å². The van der Waals surface area contributed by atoms with Gasteiger partial charge in [0.05, 0.1) is 16.7 Å². The number of carbonyl (C=O) groups is 1. The molecule has 0 aromatic heterocycles. The van der Waals surface area contributed by atoms with E-state index in [1.54, 1.807) is 12.1 Å². The summed E-state index contributed by atoms with van der Waals surface area (Å²) >= 11 is 12.0. The highest BCUT2D eigenvalue weighted by Gasteiger charge is 2.18. The van der Waals surface area contributed by atoms with E-state index in [1.165, 1.54) is 0 Å². The Morgan fingerprint density at radius 2 is 1.87 bits per heavy atom. The molecule has 2 aromatic carbocycles. The second-order valence-corrected chi connectivity index (χ2v) is 8.08. The molecule has 0 unspecified atom stereocenters. The minimum atomic E-state index is 0.285. The number of hydrogen-bond donors (Lipinski definition) is 1. The fourth-order valence-corrected chi connectivity index (χ4v) is 3.73. The van der Waals surface area contributed by atoms with E-state index in [1.807, 2.05) is 36.1 Å². The van der Waals surface area contributed by atoms with Crippen molar-refractivity contribution in [1.82, 2.24) is 10.2 Å². The lowest BCUT2D eigenvalue weighted by Gasteiger charge is -2.16. The molecular formula is C23H28Cl2N2O3. The molecule has 0 radical (unpaired) electrons. The van der Waals surface area contributed by atoms with Crippen LogP contribution in [-0.4, -0.2) is 37.0 Å². The molecule has 0 spiro atoms. The number of amides is 1. The zero-order valence-corrected chi connectivity index (χ0v) is 18.8. The fraction of sp³-hybridized carbons (Fsp3) is 0.435. The van der Waals surface area contributed by atoms with Crippen LogP contribution in [0.3, 0.4) is 0 Å². The van der Waals surface area contributed by atoms with E-state index in [4.69, 9.17) is 32.7 Å². The number of likely N-dealkylation sites (tertiary alicyclic amines) is 1. The Labute approximate surface area is 188 Å². The number of hydrogen-bond acceptors (Lipinski definition) is 4. The van der Waals surface area contributed by atoms with Gasteiger partial charge in [0.2, 0.25) is 5.91 Å². The summed E-state index contributed by atoms with van der Waals surface area (Å²) in [4.78, 5) is 13.6. The molecule has 0 bridgehead atoms. The lowest BCUT2D eigenvalue weighted by Crippen LogP contribution is -2.28. The highest BCUT2D eigenvalue weighted by Crippen LogP contribution is 2.30. The Morgan fingerprint density at radius 3 is 2.60 bits per heavy atom. The zero-order chi connectivity index (χ0) is 21.3. The normalized spacial score (nSPS) is 13.7. The summed E-state index contributed by atoms with van der Waals surface area (Å²) in [7, 11) is 0. The third-order valence-electron chi connectivity index (χ3n) is 4.97. The van der Waals surface area contributed by atoms with E-state index in [0.29, 0.717) is 35.4 Å². The molecule has 1 fully saturated rings. The number of rotatable bonds is 11. The minimum absolute atomic E-state index is 0.285. The van der Waals surface area contributed by atoms with Gasteiger partial charge in [-0.1, -0.05) is 35.3 Å². The van der Waals surface area contributed by atoms with E-state index in [0.717, 1.165) is 55.9 Å². The predicted molar refractivity (Wildman–Crippen MR) is 121 cm³/mol. The van der Waals surface area contributed by atoms with E-state index in [9.17, 15) is 4.79 Å². The van der Waals surface area contributed by atoms with Crippen LogP contribution in [0.1, 0.15) is 37.3 Å². The molecule has 1 aliphatic heterocycles. The van der Waals surface area contributed by atoms with Crippen molar-refractivity contribution >= 4 is 29.1 Å². The topological polar surface area (TPSA) is 50.8 Å². The van der Waals surface area contributed by atoms with Crippen LogP contribution in [0.25, 0.3) is 0 Å². The largest absolute Gasteiger partial charge is 0.490 e. The third-order valence-corrected chi connectivity index (χ3v) is 5.71. The van der Waals surface area contributed by atoms with Gasteiger partial charge in [-0.3, -0.25) is 4.79 Å². The predicted octanol–water partition coefficient (Wildman–Crippen LogP) is 5.07. The number of carbonyl (C=O) groups excluding carboxylic acids is 1. The second-order valence-electron chi connectivity index (χ2n) is 7.27. The van der Waals surface area contributed by atoms with Crippen molar-refractivity contribution in [1.29, 1.82) is 0 Å². The second kappa shape index (κ2) is 11.4. The van der Waals surface area contributed by atoms with Crippen LogP contribution >= 0.6 is 23.2 Å². The van der Waals surface area contributed by atoms with Crippen LogP contribution in [0.2, 0.25) is 10.0 Å². The van der Waals surface area contributed by atoms with Gasteiger partial charge in [0.25, 0.3) is 0 Å². The quantitative estimate of drug-likeness (QED) is 0.485. The molecule has 1 saturated heterocycles. The average molecular weight is 451 g/mol. The standard InChI is InChI=1S/C23H28Cl2N2O3/c1-2-29-22-14-17(15-26-10-4-12-27-11-3-5-23(27)28)7-9-21(22)30-16-18-6-8-19(24)20(25)13-18/h6-9,13-14,26H,2-5,10-12,15-16H2,1H3. The molecule has 0 saturated carbocycles. The fourth-order valence-electron chi connectivity index (χ4n) is 3.41. The molecule has 1 amide bonds.